The van der Waals surface area contributed by atoms with E-state index in [1.807, 2.05) is 12.1 Å². The first-order valence-electron chi connectivity index (χ1n) is 5.28. The Balaban J connectivity index is 2.50. The number of likely N-dealkylation sites (N-methyl/N-ethyl adjacent to an activating group) is 1. The van der Waals surface area contributed by atoms with E-state index in [1.54, 1.807) is 13.2 Å². The number of hydrogen-bond donors (Lipinski definition) is 3. The van der Waals surface area contributed by atoms with E-state index < -0.39 is 24.4 Å². The molecule has 1 aromatic rings. The summed E-state index contributed by atoms with van der Waals surface area (Å²) in [5.41, 5.74) is 0.997. The minimum absolute atomic E-state index is 0.392. The van der Waals surface area contributed by atoms with E-state index >= 15 is 0 Å². The molecule has 17 heavy (non-hydrogen) atoms. The van der Waals surface area contributed by atoms with E-state index in [1.165, 1.54) is 4.90 Å². The summed E-state index contributed by atoms with van der Waals surface area (Å²) in [6.45, 7) is 0.491. The van der Waals surface area contributed by atoms with E-state index in [2.05, 4.69) is 4.98 Å². The number of carboxylic acid groups (broad SMARTS) is 2. The molecule has 0 aliphatic carbocycles. The Bertz CT molecular complexity index is 375. The van der Waals surface area contributed by atoms with Gasteiger partial charge in [0.1, 0.15) is 6.04 Å². The van der Waals surface area contributed by atoms with E-state index in [0.29, 0.717) is 13.0 Å². The first kappa shape index (κ1) is 13.2. The molecule has 0 spiro atoms. The van der Waals surface area contributed by atoms with E-state index in [9.17, 15) is 9.59 Å². The number of aromatic amines is 1. The van der Waals surface area contributed by atoms with Gasteiger partial charge in [-0.05, 0) is 19.2 Å². The fraction of sp³-hybridized carbons (Fsp3) is 0.455. The van der Waals surface area contributed by atoms with Gasteiger partial charge >= 0.3 is 11.9 Å². The molecule has 0 amide bonds. The number of aliphatic carboxylic acids is 2. The van der Waals surface area contributed by atoms with Gasteiger partial charge in [-0.3, -0.25) is 14.5 Å². The predicted molar refractivity (Wildman–Crippen MR) is 60.8 cm³/mol. The molecule has 1 heterocycles. The van der Waals surface area contributed by atoms with Crippen LogP contribution in [0.3, 0.4) is 0 Å². The molecule has 1 aromatic heterocycles. The Hall–Kier alpha value is -1.82. The summed E-state index contributed by atoms with van der Waals surface area (Å²) in [7, 11) is 1.62. The molecule has 0 aromatic carbocycles. The summed E-state index contributed by atoms with van der Waals surface area (Å²) in [4.78, 5) is 26.0. The second kappa shape index (κ2) is 6.05. The highest BCUT2D eigenvalue weighted by molar-refractivity contribution is 5.80. The van der Waals surface area contributed by atoms with Crippen LogP contribution in [0, 0.1) is 0 Å². The molecule has 1 unspecified atom stereocenters. The standard InChI is InChI=1S/C11H16N2O4/c1-13(6-4-8-3-2-5-12-8)9(11(16)17)7-10(14)15/h2-3,5,9,12H,4,6-7H2,1H3,(H,14,15)(H,16,17). The molecule has 0 saturated heterocycles. The third-order valence-electron chi connectivity index (χ3n) is 2.58. The molecule has 0 aliphatic heterocycles. The van der Waals surface area contributed by atoms with Gasteiger partial charge in [-0.2, -0.15) is 0 Å². The highest BCUT2D eigenvalue weighted by Gasteiger charge is 2.25. The monoisotopic (exact) mass is 240 g/mol. The maximum absolute atomic E-state index is 10.9. The topological polar surface area (TPSA) is 93.6 Å². The van der Waals surface area contributed by atoms with Gasteiger partial charge in [-0.1, -0.05) is 0 Å². The number of nitrogens with zero attached hydrogens (tertiary/aromatic N) is 1. The number of carboxylic acids is 2. The molecule has 6 nitrogen and oxygen atoms in total. The lowest BCUT2D eigenvalue weighted by Gasteiger charge is -2.22. The van der Waals surface area contributed by atoms with Gasteiger partial charge in [-0.25, -0.2) is 0 Å². The van der Waals surface area contributed by atoms with Crippen molar-refractivity contribution in [3.63, 3.8) is 0 Å². The summed E-state index contributed by atoms with van der Waals surface area (Å²) in [6, 6.07) is 2.78. The van der Waals surface area contributed by atoms with Crippen molar-refractivity contribution < 1.29 is 19.8 Å². The quantitative estimate of drug-likeness (QED) is 0.642. The number of hydrogen-bond acceptors (Lipinski definition) is 3. The lowest BCUT2D eigenvalue weighted by Crippen LogP contribution is -2.41. The first-order valence-corrected chi connectivity index (χ1v) is 5.28. The molecule has 0 radical (unpaired) electrons. The minimum atomic E-state index is -1.11. The molecule has 0 bridgehead atoms. The Labute approximate surface area is 98.9 Å². The lowest BCUT2D eigenvalue weighted by atomic mass is 10.1. The van der Waals surface area contributed by atoms with Crippen LogP contribution in [0.1, 0.15) is 12.1 Å². The van der Waals surface area contributed by atoms with Crippen molar-refractivity contribution in [3.8, 4) is 0 Å². The highest BCUT2D eigenvalue weighted by atomic mass is 16.4. The second-order valence-corrected chi connectivity index (χ2v) is 3.88. The average Bonchev–Trinajstić information content (AvgIpc) is 2.74. The fourth-order valence-corrected chi connectivity index (χ4v) is 1.57. The molecular formula is C11H16N2O4. The maximum atomic E-state index is 10.9. The van der Waals surface area contributed by atoms with Crippen LogP contribution < -0.4 is 0 Å². The third-order valence-corrected chi connectivity index (χ3v) is 2.58. The second-order valence-electron chi connectivity index (χ2n) is 3.88. The average molecular weight is 240 g/mol. The zero-order chi connectivity index (χ0) is 12.8. The predicted octanol–water partition coefficient (Wildman–Crippen LogP) is 0.417. The Morgan fingerprint density at radius 1 is 1.47 bits per heavy atom. The molecule has 1 rings (SSSR count). The number of nitrogens with one attached hydrogen (secondary N) is 1. The van der Waals surface area contributed by atoms with Crippen molar-refractivity contribution in [1.82, 2.24) is 9.88 Å². The smallest absolute Gasteiger partial charge is 0.321 e. The van der Waals surface area contributed by atoms with Gasteiger partial charge in [0.25, 0.3) is 0 Å². The van der Waals surface area contributed by atoms with Crippen LogP contribution in [0.15, 0.2) is 18.3 Å². The third kappa shape index (κ3) is 4.28. The Kier molecular flexibility index (Phi) is 4.71. The van der Waals surface area contributed by atoms with Crippen molar-refractivity contribution in [3.05, 3.63) is 24.0 Å². The van der Waals surface area contributed by atoms with Crippen LogP contribution in [0.4, 0.5) is 0 Å². The number of H-pyrrole nitrogens is 1. The first-order chi connectivity index (χ1) is 8.00. The summed E-state index contributed by atoms with van der Waals surface area (Å²) >= 11 is 0. The van der Waals surface area contributed by atoms with Gasteiger partial charge in [0.05, 0.1) is 6.42 Å². The van der Waals surface area contributed by atoms with Crippen LogP contribution in [0.2, 0.25) is 0 Å². The zero-order valence-corrected chi connectivity index (χ0v) is 9.59. The summed E-state index contributed by atoms with van der Waals surface area (Å²) in [6.07, 6.45) is 2.06. The molecule has 1 atom stereocenters. The lowest BCUT2D eigenvalue weighted by molar-refractivity contribution is -0.149. The summed E-state index contributed by atoms with van der Waals surface area (Å²) in [5.74, 6) is -2.22. The SMILES string of the molecule is CN(CCc1ccc[nH]1)C(CC(=O)O)C(=O)O. The van der Waals surface area contributed by atoms with Gasteiger partial charge in [0.2, 0.25) is 0 Å². The van der Waals surface area contributed by atoms with Crippen molar-refractivity contribution in [2.45, 2.75) is 18.9 Å². The molecule has 94 valence electrons. The van der Waals surface area contributed by atoms with Crippen LogP contribution in [0.25, 0.3) is 0 Å². The van der Waals surface area contributed by atoms with E-state index in [4.69, 9.17) is 10.2 Å². The van der Waals surface area contributed by atoms with Crippen molar-refractivity contribution >= 4 is 11.9 Å². The minimum Gasteiger partial charge on any atom is -0.481 e. The van der Waals surface area contributed by atoms with Gasteiger partial charge in [0.15, 0.2) is 0 Å². The normalized spacial score (nSPS) is 12.6. The largest absolute Gasteiger partial charge is 0.481 e. The Morgan fingerprint density at radius 2 is 2.18 bits per heavy atom. The maximum Gasteiger partial charge on any atom is 0.321 e. The highest BCUT2D eigenvalue weighted by Crippen LogP contribution is 2.05. The van der Waals surface area contributed by atoms with E-state index in [0.717, 1.165) is 5.69 Å². The van der Waals surface area contributed by atoms with Gasteiger partial charge in [0, 0.05) is 24.9 Å². The molecule has 3 N–H and O–H groups in total. The summed E-state index contributed by atoms with van der Waals surface area (Å²) < 4.78 is 0. The number of carbonyl (C=O) groups is 2. The number of rotatable bonds is 7. The van der Waals surface area contributed by atoms with E-state index in [-0.39, 0.29) is 0 Å². The molecule has 0 aliphatic rings. The zero-order valence-electron chi connectivity index (χ0n) is 9.59. The van der Waals surface area contributed by atoms with Crippen molar-refractivity contribution in [1.29, 1.82) is 0 Å². The molecule has 6 heteroatoms. The van der Waals surface area contributed by atoms with Gasteiger partial charge < -0.3 is 15.2 Å². The van der Waals surface area contributed by atoms with Crippen LogP contribution >= 0.6 is 0 Å². The molecular weight excluding hydrogens is 224 g/mol. The van der Waals surface area contributed by atoms with Crippen molar-refractivity contribution in [2.24, 2.45) is 0 Å². The Morgan fingerprint density at radius 3 is 2.65 bits per heavy atom. The molecule has 0 fully saturated rings. The fourth-order valence-electron chi connectivity index (χ4n) is 1.57. The summed E-state index contributed by atoms with van der Waals surface area (Å²) in [5, 5.41) is 17.6. The van der Waals surface area contributed by atoms with Crippen LogP contribution in [0.5, 0.6) is 0 Å². The molecule has 0 saturated carbocycles. The van der Waals surface area contributed by atoms with Crippen LogP contribution in [-0.4, -0.2) is 51.7 Å². The number of aromatic nitrogens is 1. The van der Waals surface area contributed by atoms with Crippen molar-refractivity contribution in [2.75, 3.05) is 13.6 Å². The van der Waals surface area contributed by atoms with Gasteiger partial charge in [-0.15, -0.1) is 0 Å². The van der Waals surface area contributed by atoms with Crippen LogP contribution in [-0.2, 0) is 16.0 Å².